The van der Waals surface area contributed by atoms with E-state index in [1.54, 1.807) is 17.6 Å². The molecule has 0 bridgehead atoms. The number of benzene rings is 1. The van der Waals surface area contributed by atoms with Gasteiger partial charge >= 0.3 is 235 Å². The van der Waals surface area contributed by atoms with Gasteiger partial charge in [0.2, 0.25) is 0 Å². The molecule has 1 aromatic carbocycles. The van der Waals surface area contributed by atoms with E-state index in [2.05, 4.69) is 27.6 Å². The summed E-state index contributed by atoms with van der Waals surface area (Å²) in [5, 5.41) is 6.98. The third-order valence-corrected chi connectivity index (χ3v) is 15.2. The molecule has 0 saturated carbocycles. The molecule has 3 aromatic rings. The van der Waals surface area contributed by atoms with Crippen LogP contribution in [0.25, 0.3) is 32.7 Å². The van der Waals surface area contributed by atoms with Crippen molar-refractivity contribution in [1.82, 2.24) is 9.55 Å². The molecule has 0 saturated heterocycles. The van der Waals surface area contributed by atoms with Crippen LogP contribution in [0.3, 0.4) is 0 Å². The van der Waals surface area contributed by atoms with E-state index in [0.29, 0.717) is 29.9 Å². The summed E-state index contributed by atoms with van der Waals surface area (Å²) in [6, 6.07) is 9.84. The molecule has 0 fully saturated rings. The van der Waals surface area contributed by atoms with E-state index >= 15 is 0 Å². The summed E-state index contributed by atoms with van der Waals surface area (Å²) in [4.78, 5) is 46.7. The fourth-order valence-corrected chi connectivity index (χ4v) is 10.9. The molecule has 0 radical (unpaired) electrons. The van der Waals surface area contributed by atoms with Crippen molar-refractivity contribution in [3.63, 3.8) is 0 Å². The number of azide groups is 1. The summed E-state index contributed by atoms with van der Waals surface area (Å²) in [6.07, 6.45) is 1.92. The number of carbonyl (C=O) groups excluding carboxylic acids is 2. The first-order chi connectivity index (χ1) is 19.1. The van der Waals surface area contributed by atoms with E-state index in [1.165, 1.54) is 12.5 Å². The van der Waals surface area contributed by atoms with Crippen LogP contribution in [0.4, 0.5) is 0 Å². The van der Waals surface area contributed by atoms with Crippen LogP contribution in [-0.4, -0.2) is 41.3 Å². The molecule has 1 atom stereocenters. The monoisotopic (exact) mass is 605 g/mol. The van der Waals surface area contributed by atoms with Crippen molar-refractivity contribution in [1.29, 1.82) is 0 Å². The summed E-state index contributed by atoms with van der Waals surface area (Å²) in [5.41, 5.74) is 11.8. The van der Waals surface area contributed by atoms with Gasteiger partial charge in [-0.2, -0.15) is 0 Å². The van der Waals surface area contributed by atoms with Crippen LogP contribution in [0.2, 0.25) is 22.0 Å². The van der Waals surface area contributed by atoms with E-state index in [4.69, 9.17) is 20.0 Å². The Bertz CT molecular complexity index is 1640. The van der Waals surface area contributed by atoms with Crippen molar-refractivity contribution < 1.29 is 19.1 Å². The summed E-state index contributed by atoms with van der Waals surface area (Å²) in [7, 11) is 0. The number of nitrogens with zero attached hydrogens (tertiary/aromatic N) is 5. The average molecular weight is 604 g/mol. The molecule has 2 aliphatic heterocycles. The Balaban J connectivity index is 1.62. The summed E-state index contributed by atoms with van der Waals surface area (Å²) in [6.45, 7) is 3.74. The number of fused-ring (bicyclic) bond motifs is 5. The molecule has 0 aliphatic carbocycles. The van der Waals surface area contributed by atoms with Crippen molar-refractivity contribution in [2.75, 3.05) is 6.54 Å². The molecule has 10 nitrogen and oxygen atoms in total. The molecule has 0 N–H and O–H groups in total. The molecule has 208 valence electrons. The van der Waals surface area contributed by atoms with Gasteiger partial charge in [-0.25, -0.2) is 0 Å². The van der Waals surface area contributed by atoms with Crippen molar-refractivity contribution in [2.24, 2.45) is 5.11 Å². The normalized spacial score (nSPS) is 17.4. The fraction of sp³-hybridized carbons (Fsp3) is 0.448. The van der Waals surface area contributed by atoms with Crippen molar-refractivity contribution in [3.8, 4) is 11.4 Å². The maximum absolute atomic E-state index is 13.8. The number of cyclic esters (lactones) is 1. The van der Waals surface area contributed by atoms with Crippen LogP contribution < -0.4 is 5.56 Å². The number of hydrogen-bond acceptors (Lipinski definition) is 7. The Morgan fingerprint density at radius 3 is 2.75 bits per heavy atom. The summed E-state index contributed by atoms with van der Waals surface area (Å²) in [5.74, 6) is 3.53. The number of rotatable bonds is 9. The first-order valence-electron chi connectivity index (χ1n) is 13.7. The summed E-state index contributed by atoms with van der Waals surface area (Å²) < 4.78 is 12.7. The zero-order chi connectivity index (χ0) is 28.7. The Morgan fingerprint density at radius 2 is 2.02 bits per heavy atom. The SMILES string of the molecule is CC[C@@]1(OC(C)=O)C(=O)OCc2c1cc1n(c2=O)Cc2c-1nc1ccccc1c2C[CH2][Ge]([CH3])([CH3])[CH2]CCN=[N+]=[N-]. The molecule has 0 spiro atoms. The molecule has 0 unspecified atom stereocenters. The third-order valence-electron chi connectivity index (χ3n) is 8.23. The zero-order valence-electron chi connectivity index (χ0n) is 23.3. The van der Waals surface area contributed by atoms with Crippen molar-refractivity contribution >= 4 is 36.1 Å². The quantitative estimate of drug-likeness (QED) is 0.0609. The van der Waals surface area contributed by atoms with Gasteiger partial charge in [-0.3, -0.25) is 0 Å². The van der Waals surface area contributed by atoms with Gasteiger partial charge in [0.1, 0.15) is 0 Å². The van der Waals surface area contributed by atoms with Gasteiger partial charge in [-0.15, -0.1) is 0 Å². The van der Waals surface area contributed by atoms with Gasteiger partial charge in [0.05, 0.1) is 0 Å². The molecule has 2 aromatic heterocycles. The molecule has 4 heterocycles. The van der Waals surface area contributed by atoms with E-state index < -0.39 is 30.8 Å². The van der Waals surface area contributed by atoms with Gasteiger partial charge in [0.25, 0.3) is 0 Å². The molecular formula is C29H33GeN5O5. The van der Waals surface area contributed by atoms with Gasteiger partial charge in [0.15, 0.2) is 0 Å². The molecule has 40 heavy (non-hydrogen) atoms. The molecule has 2 aliphatic rings. The minimum atomic E-state index is -2.15. The van der Waals surface area contributed by atoms with Gasteiger partial charge in [-0.05, 0) is 0 Å². The van der Waals surface area contributed by atoms with E-state index in [9.17, 15) is 14.4 Å². The van der Waals surface area contributed by atoms with E-state index in [0.717, 1.165) is 45.5 Å². The second kappa shape index (κ2) is 10.7. The minimum absolute atomic E-state index is 0.144. The van der Waals surface area contributed by atoms with Crippen LogP contribution >= 0.6 is 0 Å². The number of aromatic nitrogens is 2. The van der Waals surface area contributed by atoms with Gasteiger partial charge < -0.3 is 0 Å². The van der Waals surface area contributed by atoms with Crippen LogP contribution in [-0.2, 0) is 44.2 Å². The molecular weight excluding hydrogens is 571 g/mol. The van der Waals surface area contributed by atoms with E-state index in [1.807, 2.05) is 18.2 Å². The van der Waals surface area contributed by atoms with Crippen LogP contribution in [0.5, 0.6) is 0 Å². The number of ether oxygens (including phenoxy) is 2. The standard InChI is InChI=1S/C29H33GeN5O5/c1-5-29(40-18(2)36)23-15-25-26-21(16-35(25)27(37)22(23)17-39-28(29)38)19(20-9-6-7-10-24(20)33-26)11-13-30(3,4)12-8-14-32-34-31/h6-7,9-10,15H,5,8,11-14,16-17H2,1-4H3/t29-/m0/s1. The number of aryl methyl sites for hydroxylation is 1. The number of carbonyl (C=O) groups is 2. The number of pyridine rings is 2. The second-order valence-electron chi connectivity index (χ2n) is 11.3. The first-order valence-corrected chi connectivity index (χ1v) is 20.8. The molecule has 11 heteroatoms. The molecule has 5 rings (SSSR count). The second-order valence-corrected chi connectivity index (χ2v) is 22.5. The van der Waals surface area contributed by atoms with Crippen molar-refractivity contribution in [2.45, 2.75) is 73.9 Å². The zero-order valence-corrected chi connectivity index (χ0v) is 25.4. The fourth-order valence-electron chi connectivity index (χ4n) is 6.06. The van der Waals surface area contributed by atoms with E-state index in [-0.39, 0.29) is 18.6 Å². The van der Waals surface area contributed by atoms with Crippen LogP contribution in [0.15, 0.2) is 40.2 Å². The number of para-hydroxylation sites is 1. The van der Waals surface area contributed by atoms with Crippen LogP contribution in [0, 0.1) is 0 Å². The van der Waals surface area contributed by atoms with Crippen LogP contribution in [0.1, 0.15) is 48.9 Å². The molecule has 0 amide bonds. The predicted molar refractivity (Wildman–Crippen MR) is 154 cm³/mol. The Kier molecular flexibility index (Phi) is 7.50. The maximum atomic E-state index is 13.8. The number of hydrogen-bond donors (Lipinski definition) is 0. The predicted octanol–water partition coefficient (Wildman–Crippen LogP) is 5.60. The first kappa shape index (κ1) is 27.9. The average Bonchev–Trinajstić information content (AvgIpc) is 3.29. The topological polar surface area (TPSA) is 136 Å². The third kappa shape index (κ3) is 4.79. The van der Waals surface area contributed by atoms with Gasteiger partial charge in [0, 0.05) is 0 Å². The van der Waals surface area contributed by atoms with Crippen molar-refractivity contribution in [3.05, 3.63) is 73.4 Å². The Labute approximate surface area is 234 Å². The van der Waals surface area contributed by atoms with Gasteiger partial charge in [-0.1, -0.05) is 0 Å². The Morgan fingerprint density at radius 1 is 1.25 bits per heavy atom. The Hall–Kier alpha value is -3.63. The number of esters is 2. The summed E-state index contributed by atoms with van der Waals surface area (Å²) >= 11 is -2.15.